The highest BCUT2D eigenvalue weighted by molar-refractivity contribution is 5.15. The summed E-state index contributed by atoms with van der Waals surface area (Å²) >= 11 is 0. The summed E-state index contributed by atoms with van der Waals surface area (Å²) in [7, 11) is 0. The Morgan fingerprint density at radius 1 is 1.00 bits per heavy atom. The number of nitrogens with one attached hydrogen (secondary N) is 1. The monoisotopic (exact) mass is 270 g/mol. The molecule has 4 nitrogen and oxygen atoms in total. The van der Waals surface area contributed by atoms with Crippen LogP contribution in [0, 0.1) is 6.92 Å². The van der Waals surface area contributed by atoms with Gasteiger partial charge in [0.2, 0.25) is 0 Å². The van der Waals surface area contributed by atoms with Gasteiger partial charge in [-0.3, -0.25) is 14.9 Å². The molecule has 0 aliphatic carbocycles. The molecule has 1 aromatic heterocycles. The van der Waals surface area contributed by atoms with E-state index in [9.17, 15) is 0 Å². The maximum Gasteiger partial charge on any atom is 0.0535 e. The number of aryl methyl sites for hydroxylation is 1. The molecule has 1 N–H and O–H groups in total. The van der Waals surface area contributed by atoms with Gasteiger partial charge in [0.05, 0.1) is 6.20 Å². The molecule has 1 saturated heterocycles. The molecule has 0 amide bonds. The highest BCUT2D eigenvalue weighted by Crippen LogP contribution is 2.12. The third kappa shape index (κ3) is 3.26. The first-order chi connectivity index (χ1) is 9.81. The Hall–Kier alpha value is -1.65. The molecule has 1 fully saturated rings. The first kappa shape index (κ1) is 13.3. The van der Waals surface area contributed by atoms with E-state index in [1.54, 1.807) is 0 Å². The normalized spacial score (nSPS) is 17.4. The summed E-state index contributed by atoms with van der Waals surface area (Å²) in [4.78, 5) is 5.05. The average molecular weight is 270 g/mol. The molecule has 0 atom stereocenters. The van der Waals surface area contributed by atoms with E-state index in [0.29, 0.717) is 0 Å². The molecular weight excluding hydrogens is 248 g/mol. The van der Waals surface area contributed by atoms with Gasteiger partial charge < -0.3 is 0 Å². The molecular formula is C16H22N4. The van der Waals surface area contributed by atoms with Crippen molar-refractivity contribution >= 4 is 0 Å². The predicted molar refractivity (Wildman–Crippen MR) is 80.3 cm³/mol. The van der Waals surface area contributed by atoms with Crippen molar-refractivity contribution in [2.45, 2.75) is 20.0 Å². The van der Waals surface area contributed by atoms with Crippen molar-refractivity contribution in [1.82, 2.24) is 20.0 Å². The van der Waals surface area contributed by atoms with Crippen molar-refractivity contribution in [3.63, 3.8) is 0 Å². The van der Waals surface area contributed by atoms with Crippen molar-refractivity contribution in [1.29, 1.82) is 0 Å². The number of piperazine rings is 1. The van der Waals surface area contributed by atoms with E-state index in [1.165, 1.54) is 16.8 Å². The Balaban J connectivity index is 1.49. The highest BCUT2D eigenvalue weighted by atomic mass is 15.3. The molecule has 0 radical (unpaired) electrons. The number of hydrogen-bond donors (Lipinski definition) is 1. The Morgan fingerprint density at radius 2 is 1.65 bits per heavy atom. The fourth-order valence-electron chi connectivity index (χ4n) is 2.72. The van der Waals surface area contributed by atoms with Gasteiger partial charge in [0.15, 0.2) is 0 Å². The number of nitrogens with zero attached hydrogens (tertiary/aromatic N) is 3. The van der Waals surface area contributed by atoms with Crippen LogP contribution in [0.15, 0.2) is 36.5 Å². The van der Waals surface area contributed by atoms with E-state index in [-0.39, 0.29) is 0 Å². The highest BCUT2D eigenvalue weighted by Gasteiger charge is 2.17. The zero-order valence-corrected chi connectivity index (χ0v) is 12.0. The molecule has 0 bridgehead atoms. The molecule has 2 heterocycles. The number of rotatable bonds is 4. The lowest BCUT2D eigenvalue weighted by molar-refractivity contribution is 0.122. The molecule has 1 aromatic carbocycles. The molecule has 1 aliphatic rings. The fraction of sp³-hybridized carbons (Fsp3) is 0.438. The molecule has 20 heavy (non-hydrogen) atoms. The van der Waals surface area contributed by atoms with E-state index in [1.807, 2.05) is 6.20 Å². The Labute approximate surface area is 120 Å². The standard InChI is InChI=1S/C16H22N4/c1-14-16(11-17-18-14)13-20-9-7-19(8-10-20)12-15-5-3-2-4-6-15/h2-6,11H,7-10,12-13H2,1H3,(H,17,18). The quantitative estimate of drug-likeness (QED) is 0.923. The summed E-state index contributed by atoms with van der Waals surface area (Å²) in [6, 6.07) is 10.7. The van der Waals surface area contributed by atoms with Gasteiger partial charge in [-0.15, -0.1) is 0 Å². The van der Waals surface area contributed by atoms with Crippen LogP contribution in [0.2, 0.25) is 0 Å². The van der Waals surface area contributed by atoms with Crippen LogP contribution in [-0.4, -0.2) is 46.2 Å². The molecule has 106 valence electrons. The van der Waals surface area contributed by atoms with Gasteiger partial charge >= 0.3 is 0 Å². The SMILES string of the molecule is Cc1[nH]ncc1CN1CCN(Cc2ccccc2)CC1. The summed E-state index contributed by atoms with van der Waals surface area (Å²) in [5, 5.41) is 7.11. The van der Waals surface area contributed by atoms with E-state index in [0.717, 1.165) is 39.3 Å². The van der Waals surface area contributed by atoms with Gasteiger partial charge in [0, 0.05) is 50.5 Å². The zero-order chi connectivity index (χ0) is 13.8. The average Bonchev–Trinajstić information content (AvgIpc) is 2.88. The summed E-state index contributed by atoms with van der Waals surface area (Å²) in [5.74, 6) is 0. The van der Waals surface area contributed by atoms with Crippen molar-refractivity contribution in [3.05, 3.63) is 53.3 Å². The van der Waals surface area contributed by atoms with Gasteiger partial charge in [0.1, 0.15) is 0 Å². The molecule has 4 heteroatoms. The summed E-state index contributed by atoms with van der Waals surface area (Å²) in [6.45, 7) is 8.74. The Bertz CT molecular complexity index is 526. The van der Waals surface area contributed by atoms with Crippen LogP contribution in [0.3, 0.4) is 0 Å². The third-order valence-corrected chi connectivity index (χ3v) is 4.04. The molecule has 0 saturated carbocycles. The lowest BCUT2D eigenvalue weighted by atomic mass is 10.2. The van der Waals surface area contributed by atoms with Crippen LogP contribution in [0.4, 0.5) is 0 Å². The van der Waals surface area contributed by atoms with E-state index in [4.69, 9.17) is 0 Å². The van der Waals surface area contributed by atoms with Crippen LogP contribution in [0.25, 0.3) is 0 Å². The van der Waals surface area contributed by atoms with E-state index in [2.05, 4.69) is 57.3 Å². The molecule has 1 aliphatic heterocycles. The van der Waals surface area contributed by atoms with Crippen LogP contribution in [0.1, 0.15) is 16.8 Å². The topological polar surface area (TPSA) is 35.2 Å². The second-order valence-electron chi connectivity index (χ2n) is 5.56. The lowest BCUT2D eigenvalue weighted by Gasteiger charge is -2.34. The van der Waals surface area contributed by atoms with E-state index >= 15 is 0 Å². The van der Waals surface area contributed by atoms with Crippen molar-refractivity contribution < 1.29 is 0 Å². The third-order valence-electron chi connectivity index (χ3n) is 4.04. The molecule has 3 rings (SSSR count). The zero-order valence-electron chi connectivity index (χ0n) is 12.0. The number of aromatic amines is 1. The first-order valence-electron chi connectivity index (χ1n) is 7.29. The predicted octanol–water partition coefficient (Wildman–Crippen LogP) is 2.04. The minimum Gasteiger partial charge on any atom is -0.297 e. The fourth-order valence-corrected chi connectivity index (χ4v) is 2.72. The second kappa shape index (κ2) is 6.20. The van der Waals surface area contributed by atoms with Crippen LogP contribution >= 0.6 is 0 Å². The number of benzene rings is 1. The molecule has 2 aromatic rings. The smallest absolute Gasteiger partial charge is 0.0535 e. The maximum absolute atomic E-state index is 4.10. The molecule has 0 spiro atoms. The summed E-state index contributed by atoms with van der Waals surface area (Å²) < 4.78 is 0. The summed E-state index contributed by atoms with van der Waals surface area (Å²) in [6.07, 6.45) is 1.95. The van der Waals surface area contributed by atoms with Crippen molar-refractivity contribution in [2.24, 2.45) is 0 Å². The number of aromatic nitrogens is 2. The second-order valence-corrected chi connectivity index (χ2v) is 5.56. The van der Waals surface area contributed by atoms with Gasteiger partial charge in [-0.2, -0.15) is 5.10 Å². The lowest BCUT2D eigenvalue weighted by Crippen LogP contribution is -2.45. The first-order valence-corrected chi connectivity index (χ1v) is 7.29. The number of hydrogen-bond acceptors (Lipinski definition) is 3. The largest absolute Gasteiger partial charge is 0.297 e. The molecule has 0 unspecified atom stereocenters. The van der Waals surface area contributed by atoms with Gasteiger partial charge in [-0.05, 0) is 12.5 Å². The number of H-pyrrole nitrogens is 1. The van der Waals surface area contributed by atoms with Crippen LogP contribution in [-0.2, 0) is 13.1 Å². The van der Waals surface area contributed by atoms with Crippen molar-refractivity contribution in [2.75, 3.05) is 26.2 Å². The van der Waals surface area contributed by atoms with Gasteiger partial charge in [-0.1, -0.05) is 30.3 Å². The summed E-state index contributed by atoms with van der Waals surface area (Å²) in [5.41, 5.74) is 3.92. The van der Waals surface area contributed by atoms with Gasteiger partial charge in [-0.25, -0.2) is 0 Å². The van der Waals surface area contributed by atoms with Crippen LogP contribution < -0.4 is 0 Å². The van der Waals surface area contributed by atoms with E-state index < -0.39 is 0 Å². The Kier molecular flexibility index (Phi) is 4.14. The van der Waals surface area contributed by atoms with Crippen molar-refractivity contribution in [3.8, 4) is 0 Å². The maximum atomic E-state index is 4.10. The Morgan fingerprint density at radius 3 is 2.25 bits per heavy atom. The minimum atomic E-state index is 1.02. The van der Waals surface area contributed by atoms with Crippen LogP contribution in [0.5, 0.6) is 0 Å². The minimum absolute atomic E-state index is 1.02. The van der Waals surface area contributed by atoms with Gasteiger partial charge in [0.25, 0.3) is 0 Å².